The quantitative estimate of drug-likeness (QED) is 0.394. The molecule has 0 aliphatic heterocycles. The van der Waals surface area contributed by atoms with Crippen molar-refractivity contribution in [1.82, 2.24) is 14.8 Å². The molecule has 144 valence electrons. The van der Waals surface area contributed by atoms with Gasteiger partial charge in [0.15, 0.2) is 0 Å². The minimum atomic E-state index is -4.75. The van der Waals surface area contributed by atoms with E-state index in [9.17, 15) is 27.6 Å². The van der Waals surface area contributed by atoms with E-state index in [1.54, 1.807) is 6.26 Å². The molecule has 2 amide bonds. The SMILES string of the molecule is CSNN(C)C(=O)c1cc(-c2ccc(=O)[nH]c2)c(C(F)(F)F)cc1NC=O. The van der Waals surface area contributed by atoms with Crippen LogP contribution in [0.2, 0.25) is 0 Å². The van der Waals surface area contributed by atoms with Crippen LogP contribution < -0.4 is 15.7 Å². The van der Waals surface area contributed by atoms with Crippen LogP contribution in [0.5, 0.6) is 0 Å². The molecule has 1 aromatic heterocycles. The number of nitrogens with one attached hydrogen (secondary N) is 3. The molecule has 0 aliphatic rings. The van der Waals surface area contributed by atoms with Gasteiger partial charge in [0, 0.05) is 19.3 Å². The van der Waals surface area contributed by atoms with Crippen LogP contribution in [0.4, 0.5) is 18.9 Å². The highest BCUT2D eigenvalue weighted by Crippen LogP contribution is 2.40. The van der Waals surface area contributed by atoms with Gasteiger partial charge in [-0.15, -0.1) is 0 Å². The van der Waals surface area contributed by atoms with Crippen molar-refractivity contribution in [3.63, 3.8) is 0 Å². The molecule has 27 heavy (non-hydrogen) atoms. The number of hydrogen-bond donors (Lipinski definition) is 3. The molecule has 0 aliphatic carbocycles. The largest absolute Gasteiger partial charge is 0.417 e. The van der Waals surface area contributed by atoms with Crippen LogP contribution in [-0.4, -0.2) is 35.6 Å². The molecule has 0 bridgehead atoms. The Morgan fingerprint density at radius 2 is 2.00 bits per heavy atom. The maximum absolute atomic E-state index is 13.5. The van der Waals surface area contributed by atoms with E-state index in [0.717, 1.165) is 35.3 Å². The fraction of sp³-hybridized carbons (Fsp3) is 0.188. The van der Waals surface area contributed by atoms with E-state index in [1.165, 1.54) is 13.1 Å². The molecule has 1 aromatic carbocycles. The lowest BCUT2D eigenvalue weighted by Gasteiger charge is -2.21. The standard InChI is InChI=1S/C16H15F3N4O3S/c1-23(22-27-2)15(26)11-5-10(9-3-4-14(25)20-7-9)12(16(17,18)19)6-13(11)21-8-24/h3-8,22H,1-2H3,(H,20,25)(H,21,24). The molecule has 2 aromatic rings. The van der Waals surface area contributed by atoms with Crippen LogP contribution in [-0.2, 0) is 11.0 Å². The zero-order chi connectivity index (χ0) is 20.2. The smallest absolute Gasteiger partial charge is 0.328 e. The summed E-state index contributed by atoms with van der Waals surface area (Å²) < 4.78 is 40.6. The second kappa shape index (κ2) is 8.27. The van der Waals surface area contributed by atoms with Gasteiger partial charge in [-0.3, -0.25) is 19.4 Å². The molecule has 0 fully saturated rings. The van der Waals surface area contributed by atoms with E-state index in [4.69, 9.17) is 0 Å². The average molecular weight is 400 g/mol. The predicted molar refractivity (Wildman–Crippen MR) is 95.9 cm³/mol. The summed E-state index contributed by atoms with van der Waals surface area (Å²) in [7, 11) is 1.39. The normalized spacial score (nSPS) is 11.1. The summed E-state index contributed by atoms with van der Waals surface area (Å²) in [6.45, 7) is 0. The van der Waals surface area contributed by atoms with Crippen molar-refractivity contribution in [3.05, 3.63) is 51.9 Å². The number of halogens is 3. The van der Waals surface area contributed by atoms with E-state index in [1.807, 2.05) is 0 Å². The molecule has 2 rings (SSSR count). The number of pyridine rings is 1. The van der Waals surface area contributed by atoms with Gasteiger partial charge in [-0.05, 0) is 35.6 Å². The summed E-state index contributed by atoms with van der Waals surface area (Å²) in [5.41, 5.74) is -2.22. The zero-order valence-corrected chi connectivity index (χ0v) is 15.0. The molecule has 0 unspecified atom stereocenters. The van der Waals surface area contributed by atoms with Crippen LogP contribution in [0.1, 0.15) is 15.9 Å². The van der Waals surface area contributed by atoms with Crippen molar-refractivity contribution in [3.8, 4) is 11.1 Å². The highest BCUT2D eigenvalue weighted by Gasteiger charge is 2.35. The van der Waals surface area contributed by atoms with Crippen molar-refractivity contribution in [2.24, 2.45) is 0 Å². The number of aromatic amines is 1. The maximum Gasteiger partial charge on any atom is 0.417 e. The van der Waals surface area contributed by atoms with Crippen LogP contribution in [0, 0.1) is 0 Å². The number of nitrogens with zero attached hydrogens (tertiary/aromatic N) is 1. The maximum atomic E-state index is 13.5. The van der Waals surface area contributed by atoms with Crippen molar-refractivity contribution >= 4 is 30.0 Å². The number of rotatable bonds is 6. The summed E-state index contributed by atoms with van der Waals surface area (Å²) in [5, 5.41) is 3.20. The summed E-state index contributed by atoms with van der Waals surface area (Å²) in [6.07, 6.45) is -1.78. The lowest BCUT2D eigenvalue weighted by atomic mass is 9.96. The number of H-pyrrole nitrogens is 1. The number of benzene rings is 1. The Balaban J connectivity index is 2.74. The number of anilines is 1. The van der Waals surface area contributed by atoms with Crippen LogP contribution in [0.25, 0.3) is 11.1 Å². The van der Waals surface area contributed by atoms with Gasteiger partial charge in [0.1, 0.15) is 0 Å². The number of carbonyl (C=O) groups is 2. The van der Waals surface area contributed by atoms with E-state index in [2.05, 4.69) is 15.1 Å². The Labute approximate surface area is 156 Å². The molecule has 0 spiro atoms. The Morgan fingerprint density at radius 3 is 2.52 bits per heavy atom. The molecule has 0 atom stereocenters. The first-order chi connectivity index (χ1) is 12.7. The third-order valence-corrected chi connectivity index (χ3v) is 3.99. The first-order valence-electron chi connectivity index (χ1n) is 7.40. The molecular formula is C16H15F3N4O3S. The monoisotopic (exact) mass is 400 g/mol. The van der Waals surface area contributed by atoms with Crippen molar-refractivity contribution in [2.45, 2.75) is 6.18 Å². The lowest BCUT2D eigenvalue weighted by Crippen LogP contribution is -2.35. The highest BCUT2D eigenvalue weighted by molar-refractivity contribution is 7.96. The molecule has 0 radical (unpaired) electrons. The van der Waals surface area contributed by atoms with E-state index in [-0.39, 0.29) is 28.8 Å². The predicted octanol–water partition coefficient (Wildman–Crippen LogP) is 2.48. The Kier molecular flexibility index (Phi) is 6.28. The second-order valence-electron chi connectivity index (χ2n) is 5.30. The van der Waals surface area contributed by atoms with E-state index < -0.39 is 23.2 Å². The van der Waals surface area contributed by atoms with Crippen LogP contribution in [0.3, 0.4) is 0 Å². The minimum Gasteiger partial charge on any atom is -0.328 e. The van der Waals surface area contributed by atoms with Crippen LogP contribution >= 0.6 is 11.9 Å². The van der Waals surface area contributed by atoms with Gasteiger partial charge >= 0.3 is 6.18 Å². The van der Waals surface area contributed by atoms with Gasteiger partial charge in [0.05, 0.1) is 16.8 Å². The van der Waals surface area contributed by atoms with Gasteiger partial charge in [-0.1, -0.05) is 11.9 Å². The van der Waals surface area contributed by atoms with Gasteiger partial charge in [0.25, 0.3) is 5.91 Å². The molecule has 0 saturated heterocycles. The van der Waals surface area contributed by atoms with Gasteiger partial charge in [0.2, 0.25) is 12.0 Å². The molecule has 0 saturated carbocycles. The first-order valence-corrected chi connectivity index (χ1v) is 8.62. The minimum absolute atomic E-state index is 0.0640. The summed E-state index contributed by atoms with van der Waals surface area (Å²) in [5.74, 6) is -0.659. The Bertz CT molecular complexity index is 894. The van der Waals surface area contributed by atoms with Gasteiger partial charge in [-0.2, -0.15) is 18.0 Å². The molecule has 7 nitrogen and oxygen atoms in total. The fourth-order valence-corrected chi connectivity index (χ4v) is 2.73. The summed E-state index contributed by atoms with van der Waals surface area (Å²) >= 11 is 1.11. The second-order valence-corrected chi connectivity index (χ2v) is 5.90. The Morgan fingerprint density at radius 1 is 1.30 bits per heavy atom. The van der Waals surface area contributed by atoms with E-state index >= 15 is 0 Å². The number of aromatic nitrogens is 1. The summed E-state index contributed by atoms with van der Waals surface area (Å²) in [4.78, 5) is 39.6. The Hall–Kier alpha value is -2.79. The van der Waals surface area contributed by atoms with Crippen molar-refractivity contribution < 1.29 is 22.8 Å². The lowest BCUT2D eigenvalue weighted by molar-refractivity contribution is -0.137. The van der Waals surface area contributed by atoms with Gasteiger partial charge < -0.3 is 10.3 Å². The molecule has 3 N–H and O–H groups in total. The van der Waals surface area contributed by atoms with Crippen molar-refractivity contribution in [2.75, 3.05) is 18.6 Å². The third-order valence-electron chi connectivity index (χ3n) is 3.54. The molecular weight excluding hydrogens is 385 g/mol. The number of alkyl halides is 3. The average Bonchev–Trinajstić information content (AvgIpc) is 2.61. The molecule has 1 heterocycles. The highest BCUT2D eigenvalue weighted by atomic mass is 32.2. The number of hydrogen-bond acceptors (Lipinski definition) is 5. The zero-order valence-electron chi connectivity index (χ0n) is 14.2. The van der Waals surface area contributed by atoms with E-state index in [0.29, 0.717) is 6.07 Å². The topological polar surface area (TPSA) is 94.3 Å². The number of amides is 2. The summed E-state index contributed by atoms with van der Waals surface area (Å²) in [6, 6.07) is 4.02. The fourth-order valence-electron chi connectivity index (χ4n) is 2.37. The van der Waals surface area contributed by atoms with Gasteiger partial charge in [-0.25, -0.2) is 0 Å². The number of hydrazine groups is 1. The van der Waals surface area contributed by atoms with Crippen molar-refractivity contribution in [1.29, 1.82) is 0 Å². The number of carbonyl (C=O) groups excluding carboxylic acids is 2. The molecule has 11 heteroatoms. The van der Waals surface area contributed by atoms with Crippen LogP contribution in [0.15, 0.2) is 35.3 Å². The first kappa shape index (κ1) is 20.5. The third kappa shape index (κ3) is 4.68.